The number of aromatic nitrogens is 2. The molecule has 0 aliphatic carbocycles. The van der Waals surface area contributed by atoms with E-state index in [0.717, 1.165) is 11.3 Å². The van der Waals surface area contributed by atoms with Gasteiger partial charge in [0.1, 0.15) is 5.75 Å². The van der Waals surface area contributed by atoms with Crippen LogP contribution in [0.2, 0.25) is 0 Å². The minimum absolute atomic E-state index is 0.00564. The van der Waals surface area contributed by atoms with Gasteiger partial charge in [-0.05, 0) is 56.3 Å². The number of halogens is 1. The Morgan fingerprint density at radius 2 is 1.87 bits per heavy atom. The summed E-state index contributed by atoms with van der Waals surface area (Å²) < 4.78 is 25.7. The molecular weight excluding hydrogens is 401 g/mol. The summed E-state index contributed by atoms with van der Waals surface area (Å²) in [6.45, 7) is 4.37. The molecule has 0 spiro atoms. The minimum atomic E-state index is -0.892. The molecule has 1 N–H and O–H groups in total. The Balaban J connectivity index is 1.58. The van der Waals surface area contributed by atoms with E-state index in [9.17, 15) is 14.0 Å². The lowest BCUT2D eigenvalue weighted by Gasteiger charge is -2.15. The van der Waals surface area contributed by atoms with Crippen molar-refractivity contribution in [2.75, 3.05) is 13.2 Å². The first-order chi connectivity index (χ1) is 15.0. The molecule has 1 atom stereocenters. The zero-order valence-electron chi connectivity index (χ0n) is 17.4. The van der Waals surface area contributed by atoms with Gasteiger partial charge in [-0.25, -0.2) is 9.07 Å². The van der Waals surface area contributed by atoms with Gasteiger partial charge < -0.3 is 14.8 Å². The molecule has 8 heteroatoms. The van der Waals surface area contributed by atoms with Gasteiger partial charge in [-0.15, -0.1) is 0 Å². The van der Waals surface area contributed by atoms with Crippen molar-refractivity contribution in [1.29, 1.82) is 0 Å². The highest BCUT2D eigenvalue weighted by Gasteiger charge is 2.16. The van der Waals surface area contributed by atoms with Crippen LogP contribution in [0.1, 0.15) is 13.8 Å². The van der Waals surface area contributed by atoms with Crippen molar-refractivity contribution in [3.8, 4) is 22.8 Å². The average molecular weight is 425 g/mol. The van der Waals surface area contributed by atoms with E-state index in [-0.39, 0.29) is 24.4 Å². The van der Waals surface area contributed by atoms with Crippen molar-refractivity contribution in [2.24, 2.45) is 0 Å². The summed E-state index contributed by atoms with van der Waals surface area (Å²) >= 11 is 0. The molecule has 0 saturated carbocycles. The number of nitrogens with one attached hydrogen (secondary N) is 1. The molecule has 0 aliphatic rings. The molecule has 0 unspecified atom stereocenters. The number of para-hydroxylation sites is 1. The number of carbonyl (C=O) groups is 1. The largest absolute Gasteiger partial charge is 0.494 e. The van der Waals surface area contributed by atoms with E-state index < -0.39 is 17.8 Å². The van der Waals surface area contributed by atoms with Crippen molar-refractivity contribution >= 4 is 5.91 Å². The zero-order valence-corrected chi connectivity index (χ0v) is 17.4. The van der Waals surface area contributed by atoms with Crippen molar-refractivity contribution in [3.63, 3.8) is 0 Å². The van der Waals surface area contributed by atoms with Crippen LogP contribution in [-0.4, -0.2) is 34.9 Å². The number of amides is 1. The lowest BCUT2D eigenvalue weighted by Crippen LogP contribution is -2.39. The number of carbonyl (C=O) groups excluding carboxylic acids is 1. The number of nitrogens with zero attached hydrogens (tertiary/aromatic N) is 2. The van der Waals surface area contributed by atoms with Crippen molar-refractivity contribution in [2.45, 2.75) is 26.5 Å². The summed E-state index contributed by atoms with van der Waals surface area (Å²) in [4.78, 5) is 24.4. The van der Waals surface area contributed by atoms with Crippen LogP contribution in [0.25, 0.3) is 11.3 Å². The maximum atomic E-state index is 13.7. The monoisotopic (exact) mass is 425 g/mol. The van der Waals surface area contributed by atoms with Crippen LogP contribution in [0, 0.1) is 5.82 Å². The molecule has 1 heterocycles. The van der Waals surface area contributed by atoms with Crippen LogP contribution >= 0.6 is 0 Å². The summed E-state index contributed by atoms with van der Waals surface area (Å²) in [5.41, 5.74) is 1.19. The molecule has 0 fully saturated rings. The number of rotatable bonds is 9. The molecule has 2 aromatic carbocycles. The predicted molar refractivity (Wildman–Crippen MR) is 115 cm³/mol. The topological polar surface area (TPSA) is 82.5 Å². The SMILES string of the molecule is CCOc1ccc(-c2ccc(=O)n(CCNC(=O)[C@H](C)Oc3ccccc3F)n2)cc1. The number of benzene rings is 2. The summed E-state index contributed by atoms with van der Waals surface area (Å²) in [5, 5.41) is 7.05. The lowest BCUT2D eigenvalue weighted by molar-refractivity contribution is -0.127. The Morgan fingerprint density at radius 3 is 2.58 bits per heavy atom. The van der Waals surface area contributed by atoms with Crippen LogP contribution < -0.4 is 20.3 Å². The highest BCUT2D eigenvalue weighted by Crippen LogP contribution is 2.20. The molecule has 162 valence electrons. The maximum Gasteiger partial charge on any atom is 0.266 e. The fraction of sp³-hybridized carbons (Fsp3) is 0.261. The smallest absolute Gasteiger partial charge is 0.266 e. The minimum Gasteiger partial charge on any atom is -0.494 e. The molecular formula is C23H24FN3O4. The van der Waals surface area contributed by atoms with E-state index in [1.807, 2.05) is 31.2 Å². The summed E-state index contributed by atoms with van der Waals surface area (Å²) in [6.07, 6.45) is -0.892. The van der Waals surface area contributed by atoms with Gasteiger partial charge >= 0.3 is 0 Å². The van der Waals surface area contributed by atoms with E-state index in [2.05, 4.69) is 10.4 Å². The molecule has 3 rings (SSSR count). The van der Waals surface area contributed by atoms with Gasteiger partial charge in [0, 0.05) is 18.2 Å². The van der Waals surface area contributed by atoms with E-state index >= 15 is 0 Å². The van der Waals surface area contributed by atoms with Crippen molar-refractivity contribution in [1.82, 2.24) is 15.1 Å². The number of hydrogen-bond donors (Lipinski definition) is 1. The Morgan fingerprint density at radius 1 is 1.13 bits per heavy atom. The normalized spacial score (nSPS) is 11.6. The van der Waals surface area contributed by atoms with E-state index in [4.69, 9.17) is 9.47 Å². The Hall–Kier alpha value is -3.68. The van der Waals surface area contributed by atoms with Gasteiger partial charge in [-0.3, -0.25) is 9.59 Å². The zero-order chi connectivity index (χ0) is 22.2. The van der Waals surface area contributed by atoms with Gasteiger partial charge in [-0.1, -0.05) is 12.1 Å². The van der Waals surface area contributed by atoms with E-state index in [0.29, 0.717) is 12.3 Å². The second-order valence-electron chi connectivity index (χ2n) is 6.72. The van der Waals surface area contributed by atoms with E-state index in [1.54, 1.807) is 18.2 Å². The third-order valence-corrected chi connectivity index (χ3v) is 4.46. The second kappa shape index (κ2) is 10.4. The maximum absolute atomic E-state index is 13.7. The fourth-order valence-corrected chi connectivity index (χ4v) is 2.86. The first kappa shape index (κ1) is 22.0. The third kappa shape index (κ3) is 5.91. The van der Waals surface area contributed by atoms with Crippen LogP contribution in [0.15, 0.2) is 65.5 Å². The Bertz CT molecular complexity index is 1080. The standard InChI is InChI=1S/C23H24FN3O4/c1-3-30-18-10-8-17(9-11-18)20-12-13-22(28)27(26-20)15-14-25-23(29)16(2)31-21-7-5-4-6-19(21)24/h4-13,16H,3,14-15H2,1-2H3,(H,25,29)/t16-/m0/s1. The lowest BCUT2D eigenvalue weighted by atomic mass is 10.1. The molecule has 0 saturated heterocycles. The molecule has 0 bridgehead atoms. The van der Waals surface area contributed by atoms with Gasteiger partial charge in [0.2, 0.25) is 0 Å². The first-order valence-corrected chi connectivity index (χ1v) is 9.98. The molecule has 0 radical (unpaired) electrons. The second-order valence-corrected chi connectivity index (χ2v) is 6.72. The number of hydrogen-bond acceptors (Lipinski definition) is 5. The van der Waals surface area contributed by atoms with Gasteiger partial charge in [-0.2, -0.15) is 5.10 Å². The van der Waals surface area contributed by atoms with Crippen LogP contribution in [0.5, 0.6) is 11.5 Å². The Kier molecular flexibility index (Phi) is 7.37. The third-order valence-electron chi connectivity index (χ3n) is 4.46. The summed E-state index contributed by atoms with van der Waals surface area (Å²) in [5.74, 6) is -0.192. The van der Waals surface area contributed by atoms with Gasteiger partial charge in [0.15, 0.2) is 17.7 Å². The first-order valence-electron chi connectivity index (χ1n) is 9.98. The highest BCUT2D eigenvalue weighted by molar-refractivity contribution is 5.80. The van der Waals surface area contributed by atoms with Crippen molar-refractivity contribution in [3.05, 3.63) is 76.8 Å². The van der Waals surface area contributed by atoms with Crippen LogP contribution in [0.3, 0.4) is 0 Å². The molecule has 1 aromatic heterocycles. The van der Waals surface area contributed by atoms with E-state index in [1.165, 1.54) is 29.8 Å². The highest BCUT2D eigenvalue weighted by atomic mass is 19.1. The molecule has 7 nitrogen and oxygen atoms in total. The molecule has 3 aromatic rings. The van der Waals surface area contributed by atoms with Gasteiger partial charge in [0.25, 0.3) is 11.5 Å². The average Bonchev–Trinajstić information content (AvgIpc) is 2.77. The van der Waals surface area contributed by atoms with Gasteiger partial charge in [0.05, 0.1) is 18.8 Å². The number of ether oxygens (including phenoxy) is 2. The van der Waals surface area contributed by atoms with Crippen molar-refractivity contribution < 1.29 is 18.7 Å². The summed E-state index contributed by atoms with van der Waals surface area (Å²) in [6, 6.07) is 16.4. The predicted octanol–water partition coefficient (Wildman–Crippen LogP) is 3.03. The summed E-state index contributed by atoms with van der Waals surface area (Å²) in [7, 11) is 0. The Labute approximate surface area is 179 Å². The van der Waals surface area contributed by atoms with Crippen LogP contribution in [-0.2, 0) is 11.3 Å². The van der Waals surface area contributed by atoms with Crippen LogP contribution in [0.4, 0.5) is 4.39 Å². The molecule has 31 heavy (non-hydrogen) atoms. The molecule has 0 aliphatic heterocycles. The quantitative estimate of drug-likeness (QED) is 0.570. The molecule has 1 amide bonds. The fourth-order valence-electron chi connectivity index (χ4n) is 2.86.